The van der Waals surface area contributed by atoms with Crippen LogP contribution in [0, 0.1) is 25.2 Å². The second kappa shape index (κ2) is 17.5. The zero-order chi connectivity index (χ0) is 54.2. The molecule has 0 amide bonds. The molecule has 0 aliphatic carbocycles. The van der Waals surface area contributed by atoms with Crippen molar-refractivity contribution >= 4 is 65.4 Å². The van der Waals surface area contributed by atoms with Crippen molar-refractivity contribution in [1.82, 2.24) is 13.7 Å². The lowest BCUT2D eigenvalue weighted by atomic mass is 9.85. The zero-order valence-corrected chi connectivity index (χ0v) is 47.5. The van der Waals surface area contributed by atoms with Crippen LogP contribution < -0.4 is 0 Å². The van der Waals surface area contributed by atoms with Crippen LogP contribution in [0.15, 0.2) is 170 Å². The van der Waals surface area contributed by atoms with Crippen LogP contribution >= 0.6 is 0 Å². The summed E-state index contributed by atoms with van der Waals surface area (Å²) in [5, 5.41) is 19.6. The average molecular weight is 1000 g/mol. The smallest absolute Gasteiger partial charge is 0.101 e. The van der Waals surface area contributed by atoms with Crippen LogP contribution in [0.4, 0.5) is 0 Å². The Morgan fingerprint density at radius 1 is 0.312 bits per heavy atom. The molecule has 3 heterocycles. The molecule has 0 fully saturated rings. The summed E-state index contributed by atoms with van der Waals surface area (Å²) >= 11 is 0. The van der Waals surface area contributed by atoms with Crippen molar-refractivity contribution in [3.63, 3.8) is 0 Å². The minimum atomic E-state index is -0.0986. The van der Waals surface area contributed by atoms with Gasteiger partial charge in [0.15, 0.2) is 0 Å². The molecule has 0 radical (unpaired) electrons. The van der Waals surface area contributed by atoms with E-state index in [1.165, 1.54) is 65.7 Å². The molecule has 0 bridgehead atoms. The van der Waals surface area contributed by atoms with E-state index < -0.39 is 0 Å². The normalized spacial score (nSPS) is 12.8. The van der Waals surface area contributed by atoms with Gasteiger partial charge in [-0.2, -0.15) is 5.26 Å². The molecule has 12 aromatic rings. The fourth-order valence-electron chi connectivity index (χ4n) is 12.1. The molecule has 0 atom stereocenters. The fourth-order valence-corrected chi connectivity index (χ4v) is 12.1. The second-order valence-electron chi connectivity index (χ2n) is 26.0. The van der Waals surface area contributed by atoms with E-state index in [9.17, 15) is 5.26 Å². The Morgan fingerprint density at radius 3 is 0.844 bits per heavy atom. The van der Waals surface area contributed by atoms with Crippen LogP contribution in [0.2, 0.25) is 0 Å². The van der Waals surface area contributed by atoms with E-state index in [4.69, 9.17) is 0 Å². The van der Waals surface area contributed by atoms with Gasteiger partial charge < -0.3 is 13.7 Å². The van der Waals surface area contributed by atoms with Crippen LogP contribution in [-0.2, 0) is 21.7 Å². The average Bonchev–Trinajstić information content (AvgIpc) is 4.09. The van der Waals surface area contributed by atoms with Crippen molar-refractivity contribution in [3.8, 4) is 45.4 Å². The predicted molar refractivity (Wildman–Crippen MR) is 329 cm³/mol. The largest absolute Gasteiger partial charge is 0.306 e. The van der Waals surface area contributed by atoms with Crippen molar-refractivity contribution in [1.29, 1.82) is 5.26 Å². The molecule has 4 heteroatoms. The molecule has 12 rings (SSSR count). The Bertz CT molecular complexity index is 4010. The maximum absolute atomic E-state index is 12.5. The Kier molecular flexibility index (Phi) is 11.3. The van der Waals surface area contributed by atoms with E-state index in [1.807, 2.05) is 0 Å². The van der Waals surface area contributed by atoms with Gasteiger partial charge >= 0.3 is 0 Å². The second-order valence-corrected chi connectivity index (χ2v) is 26.0. The van der Waals surface area contributed by atoms with E-state index in [1.54, 1.807) is 0 Å². The van der Waals surface area contributed by atoms with Gasteiger partial charge in [0.1, 0.15) is 6.07 Å². The van der Waals surface area contributed by atoms with Crippen molar-refractivity contribution in [2.45, 2.75) is 119 Å². The minimum Gasteiger partial charge on any atom is -0.306 e. The number of nitriles is 1. The molecule has 9 aromatic carbocycles. The van der Waals surface area contributed by atoms with Crippen LogP contribution in [0.25, 0.3) is 105 Å². The molecule has 0 aliphatic rings. The van der Waals surface area contributed by atoms with E-state index in [0.717, 1.165) is 72.4 Å². The van der Waals surface area contributed by atoms with E-state index in [-0.39, 0.29) is 21.7 Å². The number of aromatic nitrogens is 3. The number of aryl methyl sites for hydroxylation is 2. The van der Waals surface area contributed by atoms with Crippen molar-refractivity contribution < 1.29 is 0 Å². The van der Waals surface area contributed by atoms with Gasteiger partial charge in [-0.15, -0.1) is 0 Å². The van der Waals surface area contributed by atoms with Crippen molar-refractivity contribution in [2.75, 3.05) is 0 Å². The summed E-state index contributed by atoms with van der Waals surface area (Å²) in [6.07, 6.45) is 0. The van der Waals surface area contributed by atoms with Gasteiger partial charge in [0.25, 0.3) is 0 Å². The molecule has 4 nitrogen and oxygen atoms in total. The van der Waals surface area contributed by atoms with Crippen LogP contribution in [0.3, 0.4) is 0 Å². The Labute approximate surface area is 454 Å². The minimum absolute atomic E-state index is 0.0986. The van der Waals surface area contributed by atoms with Gasteiger partial charge in [-0.1, -0.05) is 191 Å². The highest BCUT2D eigenvalue weighted by atomic mass is 15.1. The first-order valence-electron chi connectivity index (χ1n) is 27.5. The maximum atomic E-state index is 12.5. The molecule has 0 saturated heterocycles. The molecule has 382 valence electrons. The number of hydrogen-bond donors (Lipinski definition) is 0. The van der Waals surface area contributed by atoms with Gasteiger partial charge in [0.05, 0.1) is 55.7 Å². The number of fused-ring (bicyclic) bond motifs is 9. The lowest BCUT2D eigenvalue weighted by molar-refractivity contribution is 0.590. The highest BCUT2D eigenvalue weighted by molar-refractivity contribution is 6.17. The quantitative estimate of drug-likeness (QED) is 0.169. The summed E-state index contributed by atoms with van der Waals surface area (Å²) in [5.41, 5.74) is 20.8. The number of hydrogen-bond acceptors (Lipinski definition) is 1. The summed E-state index contributed by atoms with van der Waals surface area (Å²) < 4.78 is 7.62. The molecular formula is C73H70N4. The Morgan fingerprint density at radius 2 is 0.571 bits per heavy atom. The van der Waals surface area contributed by atoms with Crippen LogP contribution in [0.1, 0.15) is 122 Å². The molecule has 0 N–H and O–H groups in total. The van der Waals surface area contributed by atoms with E-state index in [0.29, 0.717) is 5.56 Å². The SMILES string of the molecule is Cc1ccc2c(c1)c1cc(C)ccc1n2-c1c(-n2c3ccc(C(C)(C)C)cc3c3cc(C(C)(C)C)ccc32)c(-c2ccccc2)c(C#N)c(-c2ccccc2)c1-n1c2ccc(C(C)(C)C)cc2c2cc(C(C)(C)C)ccc21. The lowest BCUT2D eigenvalue weighted by Crippen LogP contribution is -2.15. The standard InChI is InChI=1S/C73H70N4/c1-44-25-31-59-52(37-44)53-38-45(2)26-32-60(53)77(59)69-67(75-61-33-27-48(70(3,4)5)39-54(61)55-40-49(71(6,7)8)28-34-62(55)75)65(46-21-17-15-18-22-46)58(43-74)66(47-23-19-16-20-24-47)68(69)76-63-35-29-50(72(9,10)11)41-56(63)57-42-51(73(12,13)14)30-36-64(57)76/h15-42H,1-14H3. The van der Waals surface area contributed by atoms with E-state index in [2.05, 4.69) is 287 Å². The summed E-state index contributed by atoms with van der Waals surface area (Å²) in [6.45, 7) is 32.1. The van der Waals surface area contributed by atoms with E-state index >= 15 is 0 Å². The molecule has 77 heavy (non-hydrogen) atoms. The first kappa shape index (κ1) is 49.7. The van der Waals surface area contributed by atoms with Crippen molar-refractivity contribution in [3.05, 3.63) is 209 Å². The first-order chi connectivity index (χ1) is 36.5. The third-order valence-corrected chi connectivity index (χ3v) is 16.4. The Hall–Kier alpha value is -8.13. The number of benzene rings is 9. The van der Waals surface area contributed by atoms with Crippen LogP contribution in [0.5, 0.6) is 0 Å². The molecule has 0 spiro atoms. The van der Waals surface area contributed by atoms with Gasteiger partial charge in [-0.3, -0.25) is 0 Å². The Balaban J connectivity index is 1.45. The molecule has 0 saturated carbocycles. The topological polar surface area (TPSA) is 38.6 Å². The third-order valence-electron chi connectivity index (χ3n) is 16.4. The summed E-state index contributed by atoms with van der Waals surface area (Å²) in [4.78, 5) is 0. The van der Waals surface area contributed by atoms with Gasteiger partial charge in [-0.25, -0.2) is 0 Å². The highest BCUT2D eigenvalue weighted by Gasteiger charge is 2.35. The van der Waals surface area contributed by atoms with Gasteiger partial charge in [0, 0.05) is 43.4 Å². The highest BCUT2D eigenvalue weighted by Crippen LogP contribution is 2.53. The first-order valence-corrected chi connectivity index (χ1v) is 27.5. The van der Waals surface area contributed by atoms with Crippen LogP contribution in [-0.4, -0.2) is 13.7 Å². The molecule has 0 unspecified atom stereocenters. The molecule has 0 aliphatic heterocycles. The van der Waals surface area contributed by atoms with Crippen molar-refractivity contribution in [2.24, 2.45) is 0 Å². The monoisotopic (exact) mass is 1000 g/mol. The third kappa shape index (κ3) is 8.00. The summed E-state index contributed by atoms with van der Waals surface area (Å²) in [7, 11) is 0. The fraction of sp³-hybridized carbons (Fsp3) is 0.247. The molecular weight excluding hydrogens is 933 g/mol. The van der Waals surface area contributed by atoms with Gasteiger partial charge in [-0.05, 0) is 142 Å². The maximum Gasteiger partial charge on any atom is 0.101 e. The lowest BCUT2D eigenvalue weighted by Gasteiger charge is -2.29. The number of rotatable bonds is 5. The molecule has 3 aromatic heterocycles. The summed E-state index contributed by atoms with van der Waals surface area (Å²) in [5.74, 6) is 0. The van der Waals surface area contributed by atoms with Gasteiger partial charge in [0.2, 0.25) is 0 Å². The number of nitrogens with zero attached hydrogens (tertiary/aromatic N) is 4. The zero-order valence-electron chi connectivity index (χ0n) is 47.5. The summed E-state index contributed by atoms with van der Waals surface area (Å²) in [6, 6.07) is 66.8. The predicted octanol–water partition coefficient (Wildman–Crippen LogP) is 20.0.